The molecular formula is C7H21NO7S2. The van der Waals surface area contributed by atoms with Gasteiger partial charge in [0.15, 0.2) is 0 Å². The van der Waals surface area contributed by atoms with E-state index in [4.69, 9.17) is 28.4 Å². The molecule has 0 aliphatic heterocycles. The second-order valence-corrected chi connectivity index (χ2v) is 4.73. The fourth-order valence-corrected chi connectivity index (χ4v) is 0.639. The number of rotatable bonds is 5. The van der Waals surface area contributed by atoms with E-state index >= 15 is 0 Å². The lowest BCUT2D eigenvalue weighted by Gasteiger charge is -1.86. The predicted octanol–water partition coefficient (Wildman–Crippen LogP) is -0.927. The van der Waals surface area contributed by atoms with Crippen molar-refractivity contribution in [1.82, 2.24) is 0 Å². The second-order valence-electron chi connectivity index (χ2n) is 2.72. The van der Waals surface area contributed by atoms with Crippen molar-refractivity contribution in [2.75, 3.05) is 18.9 Å². The Morgan fingerprint density at radius 3 is 1.65 bits per heavy atom. The van der Waals surface area contributed by atoms with Crippen LogP contribution in [0.15, 0.2) is 0 Å². The molecule has 0 rings (SSSR count). The summed E-state index contributed by atoms with van der Waals surface area (Å²) >= 11 is 0. The molecule has 0 aliphatic carbocycles. The van der Waals surface area contributed by atoms with Crippen LogP contribution in [0.1, 0.15) is 26.2 Å². The zero-order chi connectivity index (χ0) is 14.3. The lowest BCUT2D eigenvalue weighted by molar-refractivity contribution is 0.320. The van der Waals surface area contributed by atoms with Gasteiger partial charge in [-0.15, -0.1) is 0 Å². The third kappa shape index (κ3) is 90.2. The Labute approximate surface area is 103 Å². The number of thiol groups is 1. The normalized spacial score (nSPS) is 10.0. The summed E-state index contributed by atoms with van der Waals surface area (Å²) in [6.07, 6.45) is 3.75. The highest BCUT2D eigenvalue weighted by Crippen LogP contribution is 1.88. The van der Waals surface area contributed by atoms with Crippen LogP contribution in [0.3, 0.4) is 0 Å². The molecule has 0 radical (unpaired) electrons. The topological polar surface area (TPSA) is 155 Å². The van der Waals surface area contributed by atoms with E-state index in [0.717, 1.165) is 6.54 Å². The zero-order valence-electron chi connectivity index (χ0n) is 9.65. The van der Waals surface area contributed by atoms with Gasteiger partial charge >= 0.3 is 10.4 Å². The molecule has 0 spiro atoms. The molecule has 0 aromatic carbocycles. The van der Waals surface area contributed by atoms with E-state index in [1.54, 1.807) is 0 Å². The molecule has 0 aromatic heterocycles. The first-order valence-electron chi connectivity index (χ1n) is 4.81. The van der Waals surface area contributed by atoms with Gasteiger partial charge in [-0.1, -0.05) is 19.8 Å². The molecule has 17 heavy (non-hydrogen) atoms. The molecule has 0 aliphatic rings. The van der Waals surface area contributed by atoms with Gasteiger partial charge in [0.2, 0.25) is 0 Å². The van der Waals surface area contributed by atoms with E-state index in [-0.39, 0.29) is 12.4 Å². The second kappa shape index (κ2) is 15.7. The Morgan fingerprint density at radius 1 is 1.18 bits per heavy atom. The quantitative estimate of drug-likeness (QED) is 0.247. The fraction of sp³-hybridized carbons (Fsp3) is 1.00. The first-order chi connectivity index (χ1) is 7.68. The van der Waals surface area contributed by atoms with Crippen LogP contribution in [0.2, 0.25) is 0 Å². The van der Waals surface area contributed by atoms with E-state index in [9.17, 15) is 8.42 Å². The number of aliphatic hydroxyl groups excluding tert-OH is 1. The Bertz CT molecular complexity index is 279. The summed E-state index contributed by atoms with van der Waals surface area (Å²) < 4.78 is 50.5. The van der Waals surface area contributed by atoms with Gasteiger partial charge in [-0.05, 0) is 13.0 Å². The minimum atomic E-state index is -4.67. The zero-order valence-corrected chi connectivity index (χ0v) is 11.4. The average Bonchev–Trinajstić information content (AvgIpc) is 2.12. The number of hydrogen-bond donors (Lipinski definition) is 5. The minimum Gasteiger partial charge on any atom is -0.395 e. The fourth-order valence-electron chi connectivity index (χ4n) is 0.476. The van der Waals surface area contributed by atoms with Crippen molar-refractivity contribution in [3.05, 3.63) is 0 Å². The molecular weight excluding hydrogens is 274 g/mol. The summed E-state index contributed by atoms with van der Waals surface area (Å²) in [5.74, 6) is -0.116. The van der Waals surface area contributed by atoms with Gasteiger partial charge in [-0.3, -0.25) is 9.11 Å². The minimum absolute atomic E-state index is 0.116. The van der Waals surface area contributed by atoms with Crippen molar-refractivity contribution in [3.8, 4) is 0 Å². The smallest absolute Gasteiger partial charge is 0.394 e. The van der Waals surface area contributed by atoms with Crippen molar-refractivity contribution in [2.24, 2.45) is 5.73 Å². The van der Waals surface area contributed by atoms with Gasteiger partial charge in [0, 0.05) is 0 Å². The summed E-state index contributed by atoms with van der Waals surface area (Å²) in [5, 5.41) is 7.85. The van der Waals surface area contributed by atoms with Gasteiger partial charge in [0.05, 0.1) is 12.4 Å². The first kappa shape index (κ1) is 22.0. The molecule has 0 bridgehead atoms. The SMILES string of the molecule is CCCCCN.O=S(=O)(O)O.O=[SH](=O)CCO. The van der Waals surface area contributed by atoms with E-state index in [0.29, 0.717) is 0 Å². The third-order valence-corrected chi connectivity index (χ3v) is 1.66. The summed E-state index contributed by atoms with van der Waals surface area (Å²) in [7, 11) is -7.02. The van der Waals surface area contributed by atoms with Crippen LogP contribution in [0.25, 0.3) is 0 Å². The van der Waals surface area contributed by atoms with Crippen LogP contribution in [0.5, 0.6) is 0 Å². The van der Waals surface area contributed by atoms with Crippen molar-refractivity contribution in [3.63, 3.8) is 0 Å². The maximum Gasteiger partial charge on any atom is 0.394 e. The van der Waals surface area contributed by atoms with Gasteiger partial charge in [-0.25, -0.2) is 8.42 Å². The highest BCUT2D eigenvalue weighted by molar-refractivity contribution is 7.79. The largest absolute Gasteiger partial charge is 0.395 e. The molecule has 0 amide bonds. The lowest BCUT2D eigenvalue weighted by Crippen LogP contribution is -1.96. The Hall–Kier alpha value is -0.260. The summed E-state index contributed by atoms with van der Waals surface area (Å²) in [6, 6.07) is 0. The predicted molar refractivity (Wildman–Crippen MR) is 65.0 cm³/mol. The van der Waals surface area contributed by atoms with Gasteiger partial charge in [0.25, 0.3) is 0 Å². The Kier molecular flexibility index (Phi) is 20.3. The average molecular weight is 295 g/mol. The van der Waals surface area contributed by atoms with Crippen molar-refractivity contribution >= 4 is 21.1 Å². The Balaban J connectivity index is -0.000000174. The monoisotopic (exact) mass is 295 g/mol. The maximum atomic E-state index is 9.48. The van der Waals surface area contributed by atoms with Crippen LogP contribution in [-0.4, -0.2) is 50.0 Å². The highest BCUT2D eigenvalue weighted by Gasteiger charge is 1.84. The van der Waals surface area contributed by atoms with Gasteiger partial charge in [0.1, 0.15) is 10.7 Å². The maximum absolute atomic E-state index is 9.48. The summed E-state index contributed by atoms with van der Waals surface area (Å²) in [6.45, 7) is 2.77. The van der Waals surface area contributed by atoms with E-state index in [1.807, 2.05) is 0 Å². The molecule has 5 N–H and O–H groups in total. The van der Waals surface area contributed by atoms with Crippen molar-refractivity contribution in [2.45, 2.75) is 26.2 Å². The highest BCUT2D eigenvalue weighted by atomic mass is 32.3. The van der Waals surface area contributed by atoms with Crippen LogP contribution in [-0.2, 0) is 21.1 Å². The summed E-state index contributed by atoms with van der Waals surface area (Å²) in [4.78, 5) is 0. The standard InChI is InChI=1S/C5H13N.C2H6O3S.H2O4S/c1-2-3-4-5-6;3-1-2-6(4)5;1-5(2,3)4/h2-6H2,1H3;3,6H,1-2H2;(H2,1,2,3,4). The molecule has 8 nitrogen and oxygen atoms in total. The molecule has 0 heterocycles. The molecule has 10 heteroatoms. The van der Waals surface area contributed by atoms with Gasteiger partial charge < -0.3 is 10.8 Å². The summed E-state index contributed by atoms with van der Waals surface area (Å²) in [5.41, 5.74) is 5.21. The Morgan fingerprint density at radius 2 is 1.59 bits per heavy atom. The van der Waals surface area contributed by atoms with Crippen molar-refractivity contribution < 1.29 is 31.0 Å². The molecule has 108 valence electrons. The first-order valence-corrected chi connectivity index (χ1v) is 7.57. The number of unbranched alkanes of at least 4 members (excludes halogenated alkanes) is 2. The molecule has 0 saturated carbocycles. The van der Waals surface area contributed by atoms with Crippen LogP contribution in [0, 0.1) is 0 Å². The van der Waals surface area contributed by atoms with Crippen LogP contribution in [0.4, 0.5) is 0 Å². The molecule has 0 saturated heterocycles. The van der Waals surface area contributed by atoms with E-state index < -0.39 is 21.1 Å². The molecule has 0 aromatic rings. The van der Waals surface area contributed by atoms with Gasteiger partial charge in [-0.2, -0.15) is 8.42 Å². The number of hydrogen-bond acceptors (Lipinski definition) is 6. The number of nitrogens with two attached hydrogens (primary N) is 1. The van der Waals surface area contributed by atoms with E-state index in [1.165, 1.54) is 19.3 Å². The molecule has 0 atom stereocenters. The lowest BCUT2D eigenvalue weighted by atomic mass is 10.3. The third-order valence-electron chi connectivity index (χ3n) is 1.09. The van der Waals surface area contributed by atoms with E-state index in [2.05, 4.69) is 6.92 Å². The van der Waals surface area contributed by atoms with Crippen LogP contribution >= 0.6 is 0 Å². The van der Waals surface area contributed by atoms with Crippen LogP contribution < -0.4 is 5.73 Å². The number of aliphatic hydroxyl groups is 1. The molecule has 0 unspecified atom stereocenters. The van der Waals surface area contributed by atoms with Crippen molar-refractivity contribution in [1.29, 1.82) is 0 Å². The molecule has 0 fully saturated rings.